The number of hydrogen-bond donors (Lipinski definition) is 1. The summed E-state index contributed by atoms with van der Waals surface area (Å²) in [5.41, 5.74) is 0.631. The molecule has 0 fully saturated rings. The molecule has 6 heteroatoms. The highest BCUT2D eigenvalue weighted by Crippen LogP contribution is 2.09. The smallest absolute Gasteiger partial charge is 0.270 e. The van der Waals surface area contributed by atoms with Crippen LogP contribution in [0.15, 0.2) is 36.5 Å². The van der Waals surface area contributed by atoms with Crippen molar-refractivity contribution in [2.45, 2.75) is 6.54 Å². The van der Waals surface area contributed by atoms with E-state index >= 15 is 0 Å². The van der Waals surface area contributed by atoms with Crippen LogP contribution >= 0.6 is 0 Å². The van der Waals surface area contributed by atoms with Gasteiger partial charge in [-0.2, -0.15) is 5.26 Å². The minimum atomic E-state index is -0.724. The van der Waals surface area contributed by atoms with Crippen molar-refractivity contribution in [3.05, 3.63) is 65.0 Å². The Balaban J connectivity index is 2.03. The van der Waals surface area contributed by atoms with Crippen molar-refractivity contribution in [1.82, 2.24) is 10.3 Å². The molecule has 2 aromatic rings. The molecule has 100 valence electrons. The van der Waals surface area contributed by atoms with Crippen LogP contribution in [-0.2, 0) is 6.54 Å². The molecule has 0 saturated heterocycles. The molecule has 4 nitrogen and oxygen atoms in total. The predicted molar refractivity (Wildman–Crippen MR) is 66.5 cm³/mol. The third-order valence-corrected chi connectivity index (χ3v) is 2.58. The Morgan fingerprint density at radius 1 is 1.30 bits per heavy atom. The lowest BCUT2D eigenvalue weighted by Crippen LogP contribution is -2.24. The number of benzene rings is 1. The van der Waals surface area contributed by atoms with Gasteiger partial charge in [0.15, 0.2) is 0 Å². The van der Waals surface area contributed by atoms with Gasteiger partial charge in [0, 0.05) is 24.4 Å². The van der Waals surface area contributed by atoms with E-state index in [-0.39, 0.29) is 17.8 Å². The van der Waals surface area contributed by atoms with Crippen molar-refractivity contribution in [1.29, 1.82) is 5.26 Å². The second-order valence-corrected chi connectivity index (χ2v) is 3.96. The number of aromatic nitrogens is 1. The van der Waals surface area contributed by atoms with Gasteiger partial charge < -0.3 is 5.32 Å². The summed E-state index contributed by atoms with van der Waals surface area (Å²) in [6.07, 6.45) is 1.27. The zero-order valence-corrected chi connectivity index (χ0v) is 10.2. The maximum absolute atomic E-state index is 13.4. The van der Waals surface area contributed by atoms with Crippen molar-refractivity contribution < 1.29 is 13.6 Å². The molecule has 0 aliphatic carbocycles. The van der Waals surface area contributed by atoms with Gasteiger partial charge in [0.2, 0.25) is 0 Å². The second kappa shape index (κ2) is 5.89. The quantitative estimate of drug-likeness (QED) is 0.931. The molecule has 1 heterocycles. The Hall–Kier alpha value is -2.81. The molecule has 0 spiro atoms. The molecule has 0 atom stereocenters. The SMILES string of the molecule is N#Cc1ccc(C(=O)NCc2ccc(F)cc2F)nc1. The van der Waals surface area contributed by atoms with Crippen molar-refractivity contribution in [3.8, 4) is 6.07 Å². The first-order valence-corrected chi connectivity index (χ1v) is 5.68. The van der Waals surface area contributed by atoms with Crippen LogP contribution in [-0.4, -0.2) is 10.9 Å². The maximum Gasteiger partial charge on any atom is 0.270 e. The van der Waals surface area contributed by atoms with Gasteiger partial charge in [0.1, 0.15) is 23.4 Å². The van der Waals surface area contributed by atoms with E-state index in [0.717, 1.165) is 12.1 Å². The van der Waals surface area contributed by atoms with E-state index in [2.05, 4.69) is 10.3 Å². The molecule has 20 heavy (non-hydrogen) atoms. The van der Waals surface area contributed by atoms with Crippen molar-refractivity contribution >= 4 is 5.91 Å². The minimum absolute atomic E-state index is 0.0768. The highest BCUT2D eigenvalue weighted by atomic mass is 19.1. The predicted octanol–water partition coefficient (Wildman–Crippen LogP) is 2.16. The molecule has 1 aromatic heterocycles. The van der Waals surface area contributed by atoms with E-state index in [1.54, 1.807) is 0 Å². The first-order chi connectivity index (χ1) is 9.60. The lowest BCUT2D eigenvalue weighted by atomic mass is 10.2. The zero-order chi connectivity index (χ0) is 14.5. The third-order valence-electron chi connectivity index (χ3n) is 2.58. The van der Waals surface area contributed by atoms with Crippen LogP contribution in [0.4, 0.5) is 8.78 Å². The molecule has 1 N–H and O–H groups in total. The number of carbonyl (C=O) groups is 1. The normalized spacial score (nSPS) is 9.85. The molecular weight excluding hydrogens is 264 g/mol. The number of hydrogen-bond acceptors (Lipinski definition) is 3. The summed E-state index contributed by atoms with van der Waals surface area (Å²) in [7, 11) is 0. The average molecular weight is 273 g/mol. The standard InChI is InChI=1S/C14H9F2N3O/c15-11-3-2-10(12(16)5-11)8-19-14(20)13-4-1-9(6-17)7-18-13/h1-5,7H,8H2,(H,19,20). The van der Waals surface area contributed by atoms with Gasteiger partial charge in [-0.1, -0.05) is 6.07 Å². The Kier molecular flexibility index (Phi) is 4.01. The second-order valence-electron chi connectivity index (χ2n) is 3.96. The Bertz CT molecular complexity index is 678. The number of rotatable bonds is 3. The highest BCUT2D eigenvalue weighted by molar-refractivity contribution is 5.92. The Morgan fingerprint density at radius 2 is 2.10 bits per heavy atom. The van der Waals surface area contributed by atoms with Gasteiger partial charge in [-0.05, 0) is 18.2 Å². The number of pyridine rings is 1. The highest BCUT2D eigenvalue weighted by Gasteiger charge is 2.09. The molecule has 0 radical (unpaired) electrons. The summed E-state index contributed by atoms with van der Waals surface area (Å²) in [5, 5.41) is 11.1. The van der Waals surface area contributed by atoms with E-state index in [1.165, 1.54) is 24.4 Å². The fourth-order valence-corrected chi connectivity index (χ4v) is 1.53. The molecule has 2 rings (SSSR count). The number of nitrogens with one attached hydrogen (secondary N) is 1. The maximum atomic E-state index is 13.4. The van der Waals surface area contributed by atoms with Crippen LogP contribution in [0.3, 0.4) is 0 Å². The van der Waals surface area contributed by atoms with E-state index in [1.807, 2.05) is 6.07 Å². The average Bonchev–Trinajstić information content (AvgIpc) is 2.46. The van der Waals surface area contributed by atoms with E-state index in [4.69, 9.17) is 5.26 Å². The minimum Gasteiger partial charge on any atom is -0.347 e. The van der Waals surface area contributed by atoms with Crippen molar-refractivity contribution in [3.63, 3.8) is 0 Å². The van der Waals surface area contributed by atoms with E-state index < -0.39 is 17.5 Å². The molecule has 0 unspecified atom stereocenters. The van der Waals surface area contributed by atoms with Gasteiger partial charge in [0.05, 0.1) is 5.56 Å². The summed E-state index contributed by atoms with van der Waals surface area (Å²) in [6, 6.07) is 7.87. The molecule has 1 aromatic carbocycles. The van der Waals surface area contributed by atoms with E-state index in [0.29, 0.717) is 5.56 Å². The summed E-state index contributed by atoms with van der Waals surface area (Å²) in [6.45, 7) is -0.0768. The van der Waals surface area contributed by atoms with Crippen molar-refractivity contribution in [2.24, 2.45) is 0 Å². The third kappa shape index (κ3) is 3.14. The number of nitriles is 1. The lowest BCUT2D eigenvalue weighted by molar-refractivity contribution is 0.0945. The lowest BCUT2D eigenvalue weighted by Gasteiger charge is -2.06. The monoisotopic (exact) mass is 273 g/mol. The van der Waals surface area contributed by atoms with Crippen molar-refractivity contribution in [2.75, 3.05) is 0 Å². The van der Waals surface area contributed by atoms with Gasteiger partial charge in [-0.3, -0.25) is 4.79 Å². The molecule has 1 amide bonds. The topological polar surface area (TPSA) is 65.8 Å². The zero-order valence-electron chi connectivity index (χ0n) is 10.2. The molecular formula is C14H9F2N3O. The largest absolute Gasteiger partial charge is 0.347 e. The number of carbonyl (C=O) groups excluding carboxylic acids is 1. The van der Waals surface area contributed by atoms with Gasteiger partial charge >= 0.3 is 0 Å². The van der Waals surface area contributed by atoms with Crippen LogP contribution in [0, 0.1) is 23.0 Å². The van der Waals surface area contributed by atoms with Gasteiger partial charge in [-0.25, -0.2) is 13.8 Å². The Labute approximate surface area is 113 Å². The summed E-state index contributed by atoms with van der Waals surface area (Å²) >= 11 is 0. The van der Waals surface area contributed by atoms with Gasteiger partial charge in [-0.15, -0.1) is 0 Å². The number of amides is 1. The first-order valence-electron chi connectivity index (χ1n) is 5.68. The number of halogens is 2. The molecule has 0 aliphatic heterocycles. The molecule has 0 aliphatic rings. The van der Waals surface area contributed by atoms with Crippen LogP contribution < -0.4 is 5.32 Å². The number of nitrogens with zero attached hydrogens (tertiary/aromatic N) is 2. The fourth-order valence-electron chi connectivity index (χ4n) is 1.53. The first kappa shape index (κ1) is 13.6. The summed E-state index contributed by atoms with van der Waals surface area (Å²) in [4.78, 5) is 15.6. The fraction of sp³-hybridized carbons (Fsp3) is 0.0714. The van der Waals surface area contributed by atoms with Crippen LogP contribution in [0.25, 0.3) is 0 Å². The van der Waals surface area contributed by atoms with E-state index in [9.17, 15) is 13.6 Å². The van der Waals surface area contributed by atoms with Crippen LogP contribution in [0.2, 0.25) is 0 Å². The van der Waals surface area contributed by atoms with Crippen LogP contribution in [0.5, 0.6) is 0 Å². The summed E-state index contributed by atoms with van der Waals surface area (Å²) in [5.74, 6) is -1.90. The summed E-state index contributed by atoms with van der Waals surface area (Å²) < 4.78 is 26.1. The Morgan fingerprint density at radius 3 is 2.70 bits per heavy atom. The molecule has 0 bridgehead atoms. The van der Waals surface area contributed by atoms with Crippen LogP contribution in [0.1, 0.15) is 21.6 Å². The van der Waals surface area contributed by atoms with Gasteiger partial charge in [0.25, 0.3) is 5.91 Å². The molecule has 0 saturated carbocycles.